The van der Waals surface area contributed by atoms with Crippen LogP contribution in [-0.4, -0.2) is 9.59 Å². The van der Waals surface area contributed by atoms with Gasteiger partial charge in [-0.15, -0.1) is 0 Å². The first-order valence-electron chi connectivity index (χ1n) is 2.48. The summed E-state index contributed by atoms with van der Waals surface area (Å²) in [5.41, 5.74) is 0.942. The lowest BCUT2D eigenvalue weighted by atomic mass is 10.5. The molecule has 1 aliphatic rings. The number of allylic oxidation sites excluding steroid dienone is 2. The number of hydrogen-bond acceptors (Lipinski definition) is 2. The minimum Gasteiger partial charge on any atom is -0.240 e. The largest absolute Gasteiger partial charge is 0.240 e. The van der Waals surface area contributed by atoms with Gasteiger partial charge in [0.25, 0.3) is 0 Å². The SMILES string of the molecule is CC1=CC(I)=NC=C=N1. The molecule has 3 heteroatoms. The summed E-state index contributed by atoms with van der Waals surface area (Å²) >= 11 is 2.14. The van der Waals surface area contributed by atoms with E-state index in [0.29, 0.717) is 0 Å². The zero-order chi connectivity index (χ0) is 6.69. The molecule has 0 bridgehead atoms. The molecule has 9 heavy (non-hydrogen) atoms. The number of rotatable bonds is 0. The zero-order valence-electron chi connectivity index (χ0n) is 4.93. The Labute approximate surface area is 67.2 Å². The van der Waals surface area contributed by atoms with Gasteiger partial charge in [-0.1, -0.05) is 0 Å². The second kappa shape index (κ2) is 2.94. The van der Waals surface area contributed by atoms with Crippen molar-refractivity contribution in [3.05, 3.63) is 18.0 Å². The van der Waals surface area contributed by atoms with Crippen LogP contribution in [0.15, 0.2) is 28.0 Å². The van der Waals surface area contributed by atoms with Gasteiger partial charge in [-0.3, -0.25) is 0 Å². The average Bonchev–Trinajstić information content (AvgIpc) is 1.93. The Morgan fingerprint density at radius 1 is 1.67 bits per heavy atom. The molecule has 0 unspecified atom stereocenters. The van der Waals surface area contributed by atoms with Crippen LogP contribution in [0.2, 0.25) is 0 Å². The Morgan fingerprint density at radius 2 is 2.44 bits per heavy atom. The molecule has 0 atom stereocenters. The Hall–Kier alpha value is -0.410. The van der Waals surface area contributed by atoms with Crippen molar-refractivity contribution in [1.82, 2.24) is 0 Å². The number of nitrogens with zero attached hydrogens (tertiary/aromatic N) is 2. The summed E-state index contributed by atoms with van der Waals surface area (Å²) < 4.78 is 0.943. The van der Waals surface area contributed by atoms with Gasteiger partial charge in [0.2, 0.25) is 0 Å². The van der Waals surface area contributed by atoms with Crippen LogP contribution in [0.5, 0.6) is 0 Å². The summed E-state index contributed by atoms with van der Waals surface area (Å²) in [5.74, 6) is 2.67. The first-order chi connectivity index (χ1) is 4.29. The molecule has 0 aromatic heterocycles. The van der Waals surface area contributed by atoms with Gasteiger partial charge in [-0.2, -0.15) is 0 Å². The molecule has 0 aromatic rings. The maximum atomic E-state index is 3.97. The third kappa shape index (κ3) is 2.11. The lowest BCUT2D eigenvalue weighted by Gasteiger charge is -1.83. The molecular formula is C6H5IN2. The van der Waals surface area contributed by atoms with E-state index in [9.17, 15) is 0 Å². The zero-order valence-corrected chi connectivity index (χ0v) is 7.08. The molecule has 0 N–H and O–H groups in total. The summed E-state index contributed by atoms with van der Waals surface area (Å²) in [6.07, 6.45) is 3.46. The summed E-state index contributed by atoms with van der Waals surface area (Å²) in [4.78, 5) is 7.88. The van der Waals surface area contributed by atoms with Crippen LogP contribution in [0.25, 0.3) is 0 Å². The molecular weight excluding hydrogens is 227 g/mol. The molecule has 0 fully saturated rings. The topological polar surface area (TPSA) is 24.7 Å². The summed E-state index contributed by atoms with van der Waals surface area (Å²) in [5, 5.41) is 0. The van der Waals surface area contributed by atoms with Crippen LogP contribution >= 0.6 is 22.6 Å². The van der Waals surface area contributed by atoms with E-state index < -0.39 is 0 Å². The molecule has 46 valence electrons. The highest BCUT2D eigenvalue weighted by molar-refractivity contribution is 14.1. The predicted octanol–water partition coefficient (Wildman–Crippen LogP) is 1.92. The van der Waals surface area contributed by atoms with Crippen molar-refractivity contribution < 1.29 is 0 Å². The second-order valence-corrected chi connectivity index (χ2v) is 2.71. The molecule has 1 aliphatic heterocycles. The van der Waals surface area contributed by atoms with Crippen LogP contribution < -0.4 is 0 Å². The third-order valence-electron chi connectivity index (χ3n) is 0.815. The van der Waals surface area contributed by atoms with Crippen LogP contribution in [0.1, 0.15) is 6.92 Å². The van der Waals surface area contributed by atoms with Crippen molar-refractivity contribution in [3.8, 4) is 0 Å². The third-order valence-corrected chi connectivity index (χ3v) is 1.40. The molecule has 1 rings (SSSR count). The minimum atomic E-state index is 0.942. The standard InChI is InChI=1S/C6H5IN2/c1-5-4-6(7)9-3-2-8-5/h3-4H,1H3. The van der Waals surface area contributed by atoms with Crippen LogP contribution in [0.3, 0.4) is 0 Å². The van der Waals surface area contributed by atoms with E-state index >= 15 is 0 Å². The van der Waals surface area contributed by atoms with Gasteiger partial charge in [-0.25, -0.2) is 9.98 Å². The Balaban J connectivity index is 3.00. The molecule has 0 saturated carbocycles. The molecule has 1 heterocycles. The molecule has 0 saturated heterocycles. The lowest BCUT2D eigenvalue weighted by molar-refractivity contribution is 1.34. The highest BCUT2D eigenvalue weighted by atomic mass is 127. The Morgan fingerprint density at radius 3 is 3.22 bits per heavy atom. The number of halogens is 1. The monoisotopic (exact) mass is 232 g/mol. The van der Waals surface area contributed by atoms with E-state index in [1.807, 2.05) is 13.0 Å². The minimum absolute atomic E-state index is 0.942. The van der Waals surface area contributed by atoms with E-state index in [1.165, 1.54) is 0 Å². The fourth-order valence-corrected chi connectivity index (χ4v) is 1.05. The van der Waals surface area contributed by atoms with Crippen LogP contribution in [-0.2, 0) is 0 Å². The molecule has 2 nitrogen and oxygen atoms in total. The Kier molecular flexibility index (Phi) is 2.19. The fraction of sp³-hybridized carbons (Fsp3) is 0.167. The van der Waals surface area contributed by atoms with E-state index in [2.05, 4.69) is 38.4 Å². The quantitative estimate of drug-likeness (QED) is 0.570. The van der Waals surface area contributed by atoms with Gasteiger partial charge in [-0.05, 0) is 35.6 Å². The van der Waals surface area contributed by atoms with Crippen molar-refractivity contribution in [2.75, 3.05) is 0 Å². The maximum Gasteiger partial charge on any atom is 0.103 e. The lowest BCUT2D eigenvalue weighted by Crippen LogP contribution is -1.76. The van der Waals surface area contributed by atoms with E-state index in [1.54, 1.807) is 6.20 Å². The summed E-state index contributed by atoms with van der Waals surface area (Å²) in [6.45, 7) is 1.92. The van der Waals surface area contributed by atoms with Crippen molar-refractivity contribution in [2.24, 2.45) is 9.98 Å². The van der Waals surface area contributed by atoms with Gasteiger partial charge < -0.3 is 0 Å². The van der Waals surface area contributed by atoms with Gasteiger partial charge >= 0.3 is 0 Å². The molecule has 0 amide bonds. The Bertz CT molecular complexity index is 231. The normalized spacial score (nSPS) is 16.7. The van der Waals surface area contributed by atoms with Crippen molar-refractivity contribution in [3.63, 3.8) is 0 Å². The first kappa shape index (κ1) is 6.71. The molecule has 0 aliphatic carbocycles. The van der Waals surface area contributed by atoms with Crippen LogP contribution in [0.4, 0.5) is 0 Å². The summed E-state index contributed by atoms with van der Waals surface area (Å²) in [6, 6.07) is 0. The van der Waals surface area contributed by atoms with E-state index in [-0.39, 0.29) is 0 Å². The van der Waals surface area contributed by atoms with Gasteiger partial charge in [0, 0.05) is 11.6 Å². The van der Waals surface area contributed by atoms with E-state index in [4.69, 9.17) is 0 Å². The van der Waals surface area contributed by atoms with Gasteiger partial charge in [0.1, 0.15) is 3.72 Å². The number of aliphatic imine (C=N–C) groups is 2. The first-order valence-corrected chi connectivity index (χ1v) is 3.56. The van der Waals surface area contributed by atoms with Crippen molar-refractivity contribution in [2.45, 2.75) is 6.92 Å². The van der Waals surface area contributed by atoms with Crippen molar-refractivity contribution in [1.29, 1.82) is 0 Å². The molecule has 0 radical (unpaired) electrons. The fourth-order valence-electron chi connectivity index (χ4n) is 0.463. The van der Waals surface area contributed by atoms with Gasteiger partial charge in [0.05, 0.1) is 6.20 Å². The maximum absolute atomic E-state index is 3.97. The summed E-state index contributed by atoms with van der Waals surface area (Å²) in [7, 11) is 0. The number of hydrogen-bond donors (Lipinski definition) is 0. The van der Waals surface area contributed by atoms with Crippen LogP contribution in [0, 0.1) is 0 Å². The van der Waals surface area contributed by atoms with Gasteiger partial charge in [0.15, 0.2) is 0 Å². The highest BCUT2D eigenvalue weighted by Gasteiger charge is 1.89. The highest BCUT2D eigenvalue weighted by Crippen LogP contribution is 2.02. The predicted molar refractivity (Wildman–Crippen MR) is 47.2 cm³/mol. The van der Waals surface area contributed by atoms with E-state index in [0.717, 1.165) is 9.42 Å². The molecule has 0 aromatic carbocycles. The molecule has 0 spiro atoms. The van der Waals surface area contributed by atoms with Crippen molar-refractivity contribution >= 4 is 32.2 Å². The average molecular weight is 232 g/mol. The smallest absolute Gasteiger partial charge is 0.103 e. The second-order valence-electron chi connectivity index (χ2n) is 1.61.